The molecular weight excluding hydrogens is 194 g/mol. The van der Waals surface area contributed by atoms with Gasteiger partial charge < -0.3 is 5.32 Å². The molecule has 0 aliphatic heterocycles. The Morgan fingerprint density at radius 3 is 3.00 bits per heavy atom. The first-order chi connectivity index (χ1) is 6.90. The quantitative estimate of drug-likeness (QED) is 0.812. The van der Waals surface area contributed by atoms with Crippen molar-refractivity contribution >= 4 is 11.5 Å². The van der Waals surface area contributed by atoms with E-state index >= 15 is 0 Å². The van der Waals surface area contributed by atoms with Crippen LogP contribution < -0.4 is 5.32 Å². The molecule has 1 aliphatic carbocycles. The summed E-state index contributed by atoms with van der Waals surface area (Å²) in [5.41, 5.74) is 0. The van der Waals surface area contributed by atoms with Gasteiger partial charge in [0.2, 0.25) is 0 Å². The maximum atomic E-state index is 3.93. The number of hydrogen-bond acceptors (Lipinski definition) is 4. The second kappa shape index (κ2) is 4.84. The zero-order chi connectivity index (χ0) is 9.80. The molecule has 1 N–H and O–H groups in total. The fraction of sp³-hybridized carbons (Fsp3) is 0.800. The van der Waals surface area contributed by atoms with Crippen molar-refractivity contribution in [1.82, 2.24) is 14.9 Å². The lowest BCUT2D eigenvalue weighted by Crippen LogP contribution is -2.25. The molecular formula is C10H17N3S. The van der Waals surface area contributed by atoms with Crippen LogP contribution in [-0.2, 0) is 0 Å². The van der Waals surface area contributed by atoms with Crippen molar-refractivity contribution in [3.8, 4) is 0 Å². The highest BCUT2D eigenvalue weighted by Crippen LogP contribution is 2.35. The van der Waals surface area contributed by atoms with E-state index < -0.39 is 0 Å². The van der Waals surface area contributed by atoms with Gasteiger partial charge in [-0.1, -0.05) is 30.7 Å². The van der Waals surface area contributed by atoms with Crippen LogP contribution in [0, 0.1) is 5.92 Å². The monoisotopic (exact) mass is 211 g/mol. The topological polar surface area (TPSA) is 37.8 Å². The molecule has 3 nitrogen and oxygen atoms in total. The Morgan fingerprint density at radius 1 is 1.64 bits per heavy atom. The van der Waals surface area contributed by atoms with E-state index in [0.29, 0.717) is 6.04 Å². The fourth-order valence-electron chi connectivity index (χ4n) is 1.94. The first-order valence-corrected chi connectivity index (χ1v) is 6.18. The third-order valence-electron chi connectivity index (χ3n) is 2.97. The molecule has 0 bridgehead atoms. The summed E-state index contributed by atoms with van der Waals surface area (Å²) in [4.78, 5) is 1.29. The van der Waals surface area contributed by atoms with Crippen molar-refractivity contribution in [2.24, 2.45) is 5.92 Å². The van der Waals surface area contributed by atoms with Crippen molar-refractivity contribution < 1.29 is 0 Å². The van der Waals surface area contributed by atoms with E-state index in [-0.39, 0.29) is 0 Å². The summed E-state index contributed by atoms with van der Waals surface area (Å²) >= 11 is 1.52. The van der Waals surface area contributed by atoms with Gasteiger partial charge in [-0.25, -0.2) is 0 Å². The van der Waals surface area contributed by atoms with E-state index in [4.69, 9.17) is 0 Å². The van der Waals surface area contributed by atoms with Gasteiger partial charge in [0.15, 0.2) is 0 Å². The Labute approximate surface area is 89.1 Å². The molecule has 0 radical (unpaired) electrons. The van der Waals surface area contributed by atoms with E-state index in [2.05, 4.69) is 21.8 Å². The number of nitrogens with one attached hydrogen (secondary N) is 1. The molecule has 2 rings (SSSR count). The van der Waals surface area contributed by atoms with Gasteiger partial charge >= 0.3 is 0 Å². The van der Waals surface area contributed by atoms with Crippen LogP contribution in [0.2, 0.25) is 0 Å². The summed E-state index contributed by atoms with van der Waals surface area (Å²) in [6.07, 6.45) is 7.40. The van der Waals surface area contributed by atoms with Crippen LogP contribution in [0.25, 0.3) is 0 Å². The molecule has 1 heterocycles. The lowest BCUT2D eigenvalue weighted by Gasteiger charge is -2.29. The zero-order valence-electron chi connectivity index (χ0n) is 8.57. The maximum absolute atomic E-state index is 3.93. The number of hydrogen-bond donors (Lipinski definition) is 1. The molecule has 1 aliphatic rings. The standard InChI is InChI=1S/C10H17N3S/c1-2-11-9(6-8-4-3-5-8)10-7-12-13-14-10/h7-9,11H,2-6H2,1H3. The average Bonchev–Trinajstić information content (AvgIpc) is 2.61. The third kappa shape index (κ3) is 2.30. The van der Waals surface area contributed by atoms with Crippen molar-refractivity contribution in [1.29, 1.82) is 0 Å². The Hall–Kier alpha value is -0.480. The Morgan fingerprint density at radius 2 is 2.50 bits per heavy atom. The van der Waals surface area contributed by atoms with Gasteiger partial charge in [0.1, 0.15) is 0 Å². The van der Waals surface area contributed by atoms with Crippen molar-refractivity contribution in [3.05, 3.63) is 11.1 Å². The SMILES string of the molecule is CCNC(CC1CCC1)c1cnns1. The molecule has 78 valence electrons. The van der Waals surface area contributed by atoms with Crippen molar-refractivity contribution in [2.75, 3.05) is 6.54 Å². The van der Waals surface area contributed by atoms with Gasteiger partial charge in [0, 0.05) is 6.04 Å². The fourth-order valence-corrected chi connectivity index (χ4v) is 2.53. The second-order valence-corrected chi connectivity index (χ2v) is 4.78. The van der Waals surface area contributed by atoms with Gasteiger partial charge in [-0.2, -0.15) is 0 Å². The van der Waals surface area contributed by atoms with Gasteiger partial charge in [-0.3, -0.25) is 0 Å². The predicted molar refractivity (Wildman–Crippen MR) is 58.3 cm³/mol. The average molecular weight is 211 g/mol. The Bertz CT molecular complexity index is 256. The lowest BCUT2D eigenvalue weighted by molar-refractivity contribution is 0.263. The molecule has 0 spiro atoms. The summed E-state index contributed by atoms with van der Waals surface area (Å²) in [5.74, 6) is 0.932. The number of nitrogens with zero attached hydrogens (tertiary/aromatic N) is 2. The van der Waals surface area contributed by atoms with Crippen LogP contribution >= 0.6 is 11.5 Å². The first-order valence-electron chi connectivity index (χ1n) is 5.40. The van der Waals surface area contributed by atoms with E-state index in [1.165, 1.54) is 42.1 Å². The molecule has 1 aromatic heterocycles. The predicted octanol–water partition coefficient (Wildman–Crippen LogP) is 2.38. The molecule has 1 atom stereocenters. The van der Waals surface area contributed by atoms with Gasteiger partial charge in [0.05, 0.1) is 11.1 Å². The highest BCUT2D eigenvalue weighted by Gasteiger charge is 2.23. The summed E-state index contributed by atoms with van der Waals surface area (Å²) in [6, 6.07) is 0.491. The van der Waals surface area contributed by atoms with E-state index in [1.54, 1.807) is 0 Å². The van der Waals surface area contributed by atoms with Crippen LogP contribution in [0.5, 0.6) is 0 Å². The minimum Gasteiger partial charge on any atom is -0.309 e. The van der Waals surface area contributed by atoms with Crippen LogP contribution in [0.3, 0.4) is 0 Å². The van der Waals surface area contributed by atoms with Crippen molar-refractivity contribution in [3.63, 3.8) is 0 Å². The second-order valence-electron chi connectivity index (χ2n) is 3.96. The summed E-state index contributed by atoms with van der Waals surface area (Å²) in [5, 5.41) is 7.42. The van der Waals surface area contributed by atoms with Gasteiger partial charge in [-0.05, 0) is 30.4 Å². The van der Waals surface area contributed by atoms with Crippen LogP contribution in [0.4, 0.5) is 0 Å². The zero-order valence-corrected chi connectivity index (χ0v) is 9.39. The summed E-state index contributed by atoms with van der Waals surface area (Å²) in [7, 11) is 0. The van der Waals surface area contributed by atoms with Crippen LogP contribution in [0.15, 0.2) is 6.20 Å². The molecule has 0 amide bonds. The maximum Gasteiger partial charge on any atom is 0.0669 e. The minimum atomic E-state index is 0.491. The molecule has 0 saturated heterocycles. The molecule has 1 fully saturated rings. The van der Waals surface area contributed by atoms with Crippen molar-refractivity contribution in [2.45, 2.75) is 38.6 Å². The molecule has 14 heavy (non-hydrogen) atoms. The Kier molecular flexibility index (Phi) is 3.48. The number of rotatable bonds is 5. The normalized spacial score (nSPS) is 19.2. The molecule has 1 unspecified atom stereocenters. The molecule has 1 saturated carbocycles. The minimum absolute atomic E-state index is 0.491. The summed E-state index contributed by atoms with van der Waals surface area (Å²) < 4.78 is 3.93. The van der Waals surface area contributed by atoms with E-state index in [1.807, 2.05) is 6.20 Å². The van der Waals surface area contributed by atoms with Crippen LogP contribution in [0.1, 0.15) is 43.5 Å². The summed E-state index contributed by atoms with van der Waals surface area (Å²) in [6.45, 7) is 3.18. The highest BCUT2D eigenvalue weighted by atomic mass is 32.1. The highest BCUT2D eigenvalue weighted by molar-refractivity contribution is 7.05. The lowest BCUT2D eigenvalue weighted by atomic mass is 9.80. The van der Waals surface area contributed by atoms with Gasteiger partial charge in [0.25, 0.3) is 0 Å². The third-order valence-corrected chi connectivity index (χ3v) is 3.74. The molecule has 0 aromatic carbocycles. The molecule has 1 aromatic rings. The van der Waals surface area contributed by atoms with Crippen LogP contribution in [-0.4, -0.2) is 16.1 Å². The van der Waals surface area contributed by atoms with E-state index in [9.17, 15) is 0 Å². The Balaban J connectivity index is 1.92. The largest absolute Gasteiger partial charge is 0.309 e. The number of aromatic nitrogens is 2. The first kappa shape index (κ1) is 10.1. The molecule has 4 heteroatoms. The smallest absolute Gasteiger partial charge is 0.0669 e. The van der Waals surface area contributed by atoms with E-state index in [0.717, 1.165) is 12.5 Å². The van der Waals surface area contributed by atoms with Gasteiger partial charge in [-0.15, -0.1) is 5.10 Å².